The van der Waals surface area contributed by atoms with Crippen LogP contribution in [-0.4, -0.2) is 34.2 Å². The molecule has 4 aromatic carbocycles. The number of anilines is 1. The summed E-state index contributed by atoms with van der Waals surface area (Å²) in [5.41, 5.74) is 5.06. The Hall–Kier alpha value is -3.57. The Morgan fingerprint density at radius 2 is 1.71 bits per heavy atom. The SMILES string of the molecule is COc1cc(/C=N\NC(=O)CN(c2cccc(Cl)c2)S(=O)(=O)c2ccc(C)cc2)cc(Br)c1OCc1ccc(Cl)cc1. The lowest BCUT2D eigenvalue weighted by molar-refractivity contribution is -0.119. The van der Waals surface area contributed by atoms with Crippen LogP contribution in [0.5, 0.6) is 11.5 Å². The first-order valence-electron chi connectivity index (χ1n) is 12.5. The molecule has 0 spiro atoms. The molecule has 4 rings (SSSR count). The molecule has 0 aromatic heterocycles. The van der Waals surface area contributed by atoms with Crippen molar-refractivity contribution in [1.82, 2.24) is 5.43 Å². The van der Waals surface area contributed by atoms with Crippen molar-refractivity contribution >= 4 is 67.0 Å². The zero-order valence-corrected chi connectivity index (χ0v) is 26.5. The maximum Gasteiger partial charge on any atom is 0.264 e. The van der Waals surface area contributed by atoms with Gasteiger partial charge < -0.3 is 9.47 Å². The van der Waals surface area contributed by atoms with Gasteiger partial charge in [0, 0.05) is 10.0 Å². The van der Waals surface area contributed by atoms with Crippen molar-refractivity contribution in [2.75, 3.05) is 18.0 Å². The number of sulfonamides is 1. The fourth-order valence-corrected chi connectivity index (χ4v) is 6.12. The van der Waals surface area contributed by atoms with Crippen LogP contribution in [0.15, 0.2) is 99.4 Å². The predicted octanol–water partition coefficient (Wildman–Crippen LogP) is 7.00. The highest BCUT2D eigenvalue weighted by Gasteiger charge is 2.27. The van der Waals surface area contributed by atoms with E-state index >= 15 is 0 Å². The number of aryl methyl sites for hydroxylation is 1. The molecule has 0 aliphatic carbocycles. The number of nitrogens with zero attached hydrogens (tertiary/aromatic N) is 2. The summed E-state index contributed by atoms with van der Waals surface area (Å²) >= 11 is 15.6. The van der Waals surface area contributed by atoms with E-state index in [1.165, 1.54) is 31.5 Å². The predicted molar refractivity (Wildman–Crippen MR) is 169 cm³/mol. The molecule has 0 atom stereocenters. The van der Waals surface area contributed by atoms with Crippen LogP contribution in [0.1, 0.15) is 16.7 Å². The lowest BCUT2D eigenvalue weighted by Crippen LogP contribution is -2.39. The molecule has 1 amide bonds. The van der Waals surface area contributed by atoms with Crippen molar-refractivity contribution in [3.8, 4) is 11.5 Å². The Morgan fingerprint density at radius 3 is 2.38 bits per heavy atom. The summed E-state index contributed by atoms with van der Waals surface area (Å²) < 4.78 is 40.1. The summed E-state index contributed by atoms with van der Waals surface area (Å²) in [5.74, 6) is 0.283. The number of methoxy groups -OCH3 is 1. The molecule has 0 saturated carbocycles. The Kier molecular flexibility index (Phi) is 10.5. The van der Waals surface area contributed by atoms with Crippen LogP contribution in [0.4, 0.5) is 5.69 Å². The van der Waals surface area contributed by atoms with E-state index in [2.05, 4.69) is 26.5 Å². The molecule has 0 heterocycles. The van der Waals surface area contributed by atoms with Crippen molar-refractivity contribution in [2.45, 2.75) is 18.4 Å². The zero-order chi connectivity index (χ0) is 30.3. The molecule has 0 fully saturated rings. The third-order valence-corrected chi connectivity index (χ3v) is 8.81. The molecule has 0 bridgehead atoms. The van der Waals surface area contributed by atoms with Gasteiger partial charge in [-0.25, -0.2) is 13.8 Å². The summed E-state index contributed by atoms with van der Waals surface area (Å²) in [7, 11) is -2.58. The first kappa shape index (κ1) is 31.4. The van der Waals surface area contributed by atoms with Gasteiger partial charge in [0.05, 0.1) is 28.4 Å². The summed E-state index contributed by atoms with van der Waals surface area (Å²) in [4.78, 5) is 12.9. The number of amides is 1. The molecular weight excluding hydrogens is 665 g/mol. The van der Waals surface area contributed by atoms with E-state index in [-0.39, 0.29) is 10.6 Å². The van der Waals surface area contributed by atoms with Crippen LogP contribution in [0, 0.1) is 6.92 Å². The molecular formula is C30H26BrCl2N3O5S. The van der Waals surface area contributed by atoms with Gasteiger partial charge in [0.25, 0.3) is 15.9 Å². The van der Waals surface area contributed by atoms with E-state index in [9.17, 15) is 13.2 Å². The highest BCUT2D eigenvalue weighted by Crippen LogP contribution is 2.37. The summed E-state index contributed by atoms with van der Waals surface area (Å²) in [6, 6.07) is 23.4. The lowest BCUT2D eigenvalue weighted by Gasteiger charge is -2.24. The highest BCUT2D eigenvalue weighted by atomic mass is 79.9. The van der Waals surface area contributed by atoms with Gasteiger partial charge in [-0.15, -0.1) is 0 Å². The molecule has 218 valence electrons. The number of ether oxygens (including phenoxy) is 2. The van der Waals surface area contributed by atoms with Gasteiger partial charge in [-0.1, -0.05) is 59.1 Å². The number of nitrogens with one attached hydrogen (secondary N) is 1. The minimum absolute atomic E-state index is 0.0414. The largest absolute Gasteiger partial charge is 0.493 e. The van der Waals surface area contributed by atoms with Crippen LogP contribution in [-0.2, 0) is 21.4 Å². The molecule has 0 aliphatic heterocycles. The molecule has 12 heteroatoms. The van der Waals surface area contributed by atoms with Crippen LogP contribution in [0.25, 0.3) is 0 Å². The number of rotatable bonds is 11. The van der Waals surface area contributed by atoms with Gasteiger partial charge in [0.15, 0.2) is 11.5 Å². The Labute approximate surface area is 263 Å². The van der Waals surface area contributed by atoms with Crippen molar-refractivity contribution in [3.05, 3.63) is 116 Å². The van der Waals surface area contributed by atoms with Crippen LogP contribution >= 0.6 is 39.1 Å². The van der Waals surface area contributed by atoms with Gasteiger partial charge in [0.1, 0.15) is 13.2 Å². The van der Waals surface area contributed by atoms with E-state index < -0.39 is 22.5 Å². The highest BCUT2D eigenvalue weighted by molar-refractivity contribution is 9.10. The standard InChI is InChI=1S/C30H26BrCl2N3O5S/c1-20-6-12-26(13-7-20)42(38,39)36(25-5-3-4-24(33)16-25)18-29(37)35-34-17-22-14-27(31)30(28(15-22)40-2)41-19-21-8-10-23(32)11-9-21/h3-17H,18-19H2,1-2H3,(H,35,37)/b34-17-. The Balaban J connectivity index is 1.48. The topological polar surface area (TPSA) is 97.3 Å². The monoisotopic (exact) mass is 689 g/mol. The second-order valence-corrected chi connectivity index (χ2v) is 12.6. The average molecular weight is 691 g/mol. The van der Waals surface area contributed by atoms with Crippen molar-refractivity contribution < 1.29 is 22.7 Å². The maximum absolute atomic E-state index is 13.5. The average Bonchev–Trinajstić information content (AvgIpc) is 2.96. The molecule has 0 aliphatic rings. The fraction of sp³-hybridized carbons (Fsp3) is 0.133. The summed E-state index contributed by atoms with van der Waals surface area (Å²) in [6.07, 6.45) is 1.41. The van der Waals surface area contributed by atoms with Gasteiger partial charge in [-0.2, -0.15) is 5.10 Å². The Morgan fingerprint density at radius 1 is 1.00 bits per heavy atom. The van der Waals surface area contributed by atoms with Gasteiger partial charge in [0.2, 0.25) is 0 Å². The molecule has 42 heavy (non-hydrogen) atoms. The van der Waals surface area contributed by atoms with E-state index in [0.29, 0.717) is 38.2 Å². The van der Waals surface area contributed by atoms with Crippen LogP contribution in [0.2, 0.25) is 10.0 Å². The van der Waals surface area contributed by atoms with Crippen molar-refractivity contribution in [3.63, 3.8) is 0 Å². The lowest BCUT2D eigenvalue weighted by atomic mass is 10.2. The minimum atomic E-state index is -4.09. The first-order chi connectivity index (χ1) is 20.1. The third kappa shape index (κ3) is 8.04. The fourth-order valence-electron chi connectivity index (χ4n) is 3.82. The minimum Gasteiger partial charge on any atom is -0.493 e. The Bertz CT molecular complexity index is 1700. The molecule has 0 unspecified atom stereocenters. The van der Waals surface area contributed by atoms with Crippen molar-refractivity contribution in [2.24, 2.45) is 5.10 Å². The van der Waals surface area contributed by atoms with E-state index in [4.69, 9.17) is 32.7 Å². The number of benzene rings is 4. The summed E-state index contributed by atoms with van der Waals surface area (Å²) in [5, 5.41) is 4.98. The zero-order valence-electron chi connectivity index (χ0n) is 22.6. The molecule has 1 N–H and O–H groups in total. The molecule has 4 aromatic rings. The number of hydrazone groups is 1. The third-order valence-electron chi connectivity index (χ3n) is 5.94. The van der Waals surface area contributed by atoms with Crippen LogP contribution in [0.3, 0.4) is 0 Å². The van der Waals surface area contributed by atoms with E-state index in [0.717, 1.165) is 15.4 Å². The van der Waals surface area contributed by atoms with Gasteiger partial charge >= 0.3 is 0 Å². The number of hydrogen-bond acceptors (Lipinski definition) is 6. The maximum atomic E-state index is 13.5. The van der Waals surface area contributed by atoms with E-state index in [1.807, 2.05) is 19.1 Å². The molecule has 8 nitrogen and oxygen atoms in total. The number of hydrogen-bond donors (Lipinski definition) is 1. The number of carbonyl (C=O) groups excluding carboxylic acids is 1. The molecule has 0 radical (unpaired) electrons. The van der Waals surface area contributed by atoms with Gasteiger partial charge in [-0.3, -0.25) is 9.10 Å². The van der Waals surface area contributed by atoms with Gasteiger partial charge in [-0.05, 0) is 88.6 Å². The van der Waals surface area contributed by atoms with E-state index in [1.54, 1.807) is 54.6 Å². The quantitative estimate of drug-likeness (QED) is 0.135. The first-order valence-corrected chi connectivity index (χ1v) is 15.5. The number of halogens is 3. The smallest absolute Gasteiger partial charge is 0.264 e. The van der Waals surface area contributed by atoms with Crippen molar-refractivity contribution in [1.29, 1.82) is 0 Å². The summed E-state index contributed by atoms with van der Waals surface area (Å²) in [6.45, 7) is 1.62. The normalized spacial score (nSPS) is 11.4. The second-order valence-electron chi connectivity index (χ2n) is 9.05. The molecule has 0 saturated heterocycles. The number of carbonyl (C=O) groups is 1. The van der Waals surface area contributed by atoms with Crippen LogP contribution < -0.4 is 19.2 Å². The second kappa shape index (κ2) is 14.1.